The maximum Gasteiger partial charge on any atom is 0.400 e. The molecule has 1 saturated heterocycles. The molecule has 2 unspecified atom stereocenters. The fourth-order valence-corrected chi connectivity index (χ4v) is 5.37. The van der Waals surface area contributed by atoms with Crippen molar-refractivity contribution in [3.05, 3.63) is 69.0 Å². The van der Waals surface area contributed by atoms with Gasteiger partial charge in [-0.3, -0.25) is 19.1 Å². The van der Waals surface area contributed by atoms with Gasteiger partial charge in [0, 0.05) is 28.1 Å². The zero-order chi connectivity index (χ0) is 26.7. The number of likely N-dealkylation sites (tertiary alicyclic amines) is 1. The highest BCUT2D eigenvalue weighted by Crippen LogP contribution is 2.49. The molecule has 0 bridgehead atoms. The molecule has 0 spiro atoms. The molecule has 2 atom stereocenters. The third-order valence-corrected chi connectivity index (χ3v) is 7.57. The Balaban J connectivity index is 1.54. The van der Waals surface area contributed by atoms with Crippen molar-refractivity contribution in [3.8, 4) is 0 Å². The van der Waals surface area contributed by atoms with Crippen molar-refractivity contribution in [1.29, 1.82) is 0 Å². The topological polar surface area (TPSA) is 75.8 Å². The van der Waals surface area contributed by atoms with E-state index in [0.717, 1.165) is 22.4 Å². The average molecular weight is 568 g/mol. The quantitative estimate of drug-likeness (QED) is 0.337. The van der Waals surface area contributed by atoms with Crippen LogP contribution in [0.5, 0.6) is 0 Å². The molecule has 2 aliphatic heterocycles. The highest BCUT2D eigenvalue weighted by Gasteiger charge is 2.58. The minimum Gasteiger partial charge on any atom is -0.331 e. The third kappa shape index (κ3) is 4.85. The van der Waals surface area contributed by atoms with Crippen LogP contribution in [-0.4, -0.2) is 58.2 Å². The number of amides is 1. The molecular formula is C23H20Cl2F5N3O2S. The second kappa shape index (κ2) is 8.97. The molecule has 0 saturated carbocycles. The number of hydrogen-bond acceptors (Lipinski definition) is 3. The summed E-state index contributed by atoms with van der Waals surface area (Å²) in [6.07, 6.45) is -4.09. The highest BCUT2D eigenvalue weighted by molar-refractivity contribution is 7.99. The molecule has 0 aromatic heterocycles. The SMILES string of the molecule is CS(N)(=O)=CC(=O)N1CC(F)(c2ccc(C3=NCC(c4cc(Cl)c(F)c(Cl)c4)(C(F)(F)F)C3)cc2)C1. The number of nitrogens with two attached hydrogens (primary N) is 1. The standard InChI is InChI=1S/C23H20Cl2F5N3O2S/c1-36(31,35)9-19(34)33-11-22(27,12-33)14-4-2-13(3-5-14)18-8-21(10-32-18,23(28,29)30)15-6-16(24)20(26)17(25)7-15/h2-7,9H,8,10-12H2,1H3,(H2,31,35). The van der Waals surface area contributed by atoms with E-state index in [1.807, 2.05) is 0 Å². The lowest BCUT2D eigenvalue weighted by Crippen LogP contribution is -2.59. The average Bonchev–Trinajstić information content (AvgIpc) is 3.21. The monoisotopic (exact) mass is 567 g/mol. The van der Waals surface area contributed by atoms with Gasteiger partial charge in [-0.05, 0) is 28.8 Å². The summed E-state index contributed by atoms with van der Waals surface area (Å²) in [6.45, 7) is -1.20. The van der Waals surface area contributed by atoms with E-state index in [4.69, 9.17) is 28.3 Å². The lowest BCUT2D eigenvalue weighted by atomic mass is 9.76. The van der Waals surface area contributed by atoms with Gasteiger partial charge in [0.25, 0.3) is 5.91 Å². The van der Waals surface area contributed by atoms with Crippen molar-refractivity contribution in [2.75, 3.05) is 25.9 Å². The molecule has 2 heterocycles. The molecular weight excluding hydrogens is 548 g/mol. The number of carbonyl (C=O) groups excluding carboxylic acids is 1. The lowest BCUT2D eigenvalue weighted by molar-refractivity contribution is -0.183. The first-order chi connectivity index (χ1) is 16.5. The number of nitrogens with zero attached hydrogens (tertiary/aromatic N) is 2. The van der Waals surface area contributed by atoms with Crippen molar-refractivity contribution in [1.82, 2.24) is 4.90 Å². The van der Waals surface area contributed by atoms with E-state index in [-0.39, 0.29) is 29.9 Å². The molecule has 4 rings (SSSR count). The Morgan fingerprint density at radius 1 is 1.14 bits per heavy atom. The fraction of sp³-hybridized carbons (Fsp3) is 0.348. The first-order valence-electron chi connectivity index (χ1n) is 10.5. The van der Waals surface area contributed by atoms with Crippen molar-refractivity contribution in [2.45, 2.75) is 23.7 Å². The molecule has 2 aromatic rings. The molecule has 5 nitrogen and oxygen atoms in total. The maximum absolute atomic E-state index is 15.3. The van der Waals surface area contributed by atoms with Crippen LogP contribution in [0.2, 0.25) is 10.0 Å². The fourth-order valence-electron chi connectivity index (χ4n) is 4.33. The van der Waals surface area contributed by atoms with E-state index in [0.29, 0.717) is 5.56 Å². The largest absolute Gasteiger partial charge is 0.400 e. The minimum atomic E-state index is -4.74. The Labute approximate surface area is 214 Å². The van der Waals surface area contributed by atoms with Crippen LogP contribution in [0.4, 0.5) is 22.0 Å². The van der Waals surface area contributed by atoms with Crippen LogP contribution in [0.3, 0.4) is 0 Å². The Morgan fingerprint density at radius 3 is 2.19 bits per heavy atom. The Kier molecular flexibility index (Phi) is 6.69. The van der Waals surface area contributed by atoms with E-state index in [2.05, 4.69) is 4.99 Å². The molecule has 2 aliphatic rings. The summed E-state index contributed by atoms with van der Waals surface area (Å²) in [6, 6.07) is 7.59. The summed E-state index contributed by atoms with van der Waals surface area (Å²) in [4.78, 5) is 17.3. The number of carbonyl (C=O) groups is 1. The smallest absolute Gasteiger partial charge is 0.331 e. The first-order valence-corrected chi connectivity index (χ1v) is 13.4. The van der Waals surface area contributed by atoms with Crippen molar-refractivity contribution in [2.24, 2.45) is 10.1 Å². The first kappa shape index (κ1) is 26.8. The predicted octanol–water partition coefficient (Wildman–Crippen LogP) is 4.42. The van der Waals surface area contributed by atoms with Gasteiger partial charge in [-0.1, -0.05) is 47.5 Å². The van der Waals surface area contributed by atoms with Gasteiger partial charge in [0.15, 0.2) is 11.5 Å². The van der Waals surface area contributed by atoms with E-state index in [9.17, 15) is 26.6 Å². The van der Waals surface area contributed by atoms with Gasteiger partial charge in [-0.25, -0.2) is 8.78 Å². The van der Waals surface area contributed by atoms with Crippen LogP contribution in [-0.2, 0) is 25.6 Å². The molecule has 1 amide bonds. The summed E-state index contributed by atoms with van der Waals surface area (Å²) in [7, 11) is -2.92. The van der Waals surface area contributed by atoms with Crippen LogP contribution in [0, 0.1) is 5.82 Å². The summed E-state index contributed by atoms with van der Waals surface area (Å²) in [5.41, 5.74) is -3.87. The van der Waals surface area contributed by atoms with Crippen LogP contribution in [0.15, 0.2) is 41.4 Å². The Morgan fingerprint density at radius 2 is 1.69 bits per heavy atom. The van der Waals surface area contributed by atoms with E-state index in [1.54, 1.807) is 0 Å². The maximum atomic E-state index is 15.3. The number of rotatable bonds is 4. The normalized spacial score (nSPS) is 23.0. The van der Waals surface area contributed by atoms with E-state index in [1.165, 1.54) is 30.5 Å². The molecule has 0 radical (unpaired) electrons. The molecule has 2 N–H and O–H groups in total. The second-order valence-electron chi connectivity index (χ2n) is 9.09. The van der Waals surface area contributed by atoms with Gasteiger partial charge in [-0.2, -0.15) is 13.2 Å². The third-order valence-electron chi connectivity index (χ3n) is 6.35. The van der Waals surface area contributed by atoms with Gasteiger partial charge in [0.1, 0.15) is 5.41 Å². The number of halogens is 7. The zero-order valence-corrected chi connectivity index (χ0v) is 21.0. The molecule has 194 valence electrons. The number of aliphatic imine (C=N–C) groups is 1. The number of alkyl halides is 4. The molecule has 1 fully saturated rings. The summed E-state index contributed by atoms with van der Waals surface area (Å²) >= 11 is 11.5. The van der Waals surface area contributed by atoms with Gasteiger partial charge < -0.3 is 4.90 Å². The van der Waals surface area contributed by atoms with Gasteiger partial charge in [0.2, 0.25) is 0 Å². The van der Waals surface area contributed by atoms with Crippen LogP contribution in [0.25, 0.3) is 0 Å². The highest BCUT2D eigenvalue weighted by atomic mass is 35.5. The number of benzene rings is 2. The van der Waals surface area contributed by atoms with Crippen LogP contribution >= 0.6 is 23.2 Å². The van der Waals surface area contributed by atoms with Gasteiger partial charge in [-0.15, -0.1) is 0 Å². The Hall–Kier alpha value is -2.21. The Bertz CT molecular complexity index is 1350. The van der Waals surface area contributed by atoms with Crippen molar-refractivity contribution in [3.63, 3.8) is 0 Å². The van der Waals surface area contributed by atoms with E-state index >= 15 is 4.39 Å². The second-order valence-corrected chi connectivity index (χ2v) is 12.1. The molecule has 0 aliphatic carbocycles. The van der Waals surface area contributed by atoms with Gasteiger partial charge >= 0.3 is 6.18 Å². The summed E-state index contributed by atoms with van der Waals surface area (Å²) < 4.78 is 83.4. The lowest BCUT2D eigenvalue weighted by Gasteiger charge is -2.44. The molecule has 13 heteroatoms. The van der Waals surface area contributed by atoms with Gasteiger partial charge in [0.05, 0.1) is 35.0 Å². The minimum absolute atomic E-state index is 0.143. The van der Waals surface area contributed by atoms with E-state index < -0.39 is 61.7 Å². The van der Waals surface area contributed by atoms with Crippen molar-refractivity contribution >= 4 is 49.9 Å². The predicted molar refractivity (Wildman–Crippen MR) is 130 cm³/mol. The summed E-state index contributed by atoms with van der Waals surface area (Å²) in [5, 5.41) is 5.14. The summed E-state index contributed by atoms with van der Waals surface area (Å²) in [5.74, 6) is -1.64. The molecule has 36 heavy (non-hydrogen) atoms. The van der Waals surface area contributed by atoms with Crippen LogP contribution in [0.1, 0.15) is 23.1 Å². The molecule has 2 aromatic carbocycles. The van der Waals surface area contributed by atoms with Crippen LogP contribution < -0.4 is 5.14 Å². The number of hydrogen-bond donors (Lipinski definition) is 1. The van der Waals surface area contributed by atoms with Crippen molar-refractivity contribution < 1.29 is 31.0 Å². The zero-order valence-electron chi connectivity index (χ0n) is 18.7.